The van der Waals surface area contributed by atoms with E-state index >= 15 is 0 Å². The van der Waals surface area contributed by atoms with Crippen LogP contribution in [-0.4, -0.2) is 75.4 Å². The Bertz CT molecular complexity index is 1770. The number of amides is 5. The number of nitrogens with one attached hydrogen (secondary N) is 5. The zero-order valence-corrected chi connectivity index (χ0v) is 28.8. The van der Waals surface area contributed by atoms with E-state index in [1.807, 2.05) is 62.6 Å². The SMILES string of the molecule is CCC1(C)[C@H](NC(=O)[C@@H]2CCC(=O)N2)C(=O)N[C@@H](CC(C)C)C(=O)N[C@@H](Cc2ccccc2)C(=O)N[C@H](C(=O)O)Cc2cn1c1ccccc21. The molecule has 0 radical (unpaired) electrons. The minimum Gasteiger partial charge on any atom is -0.480 e. The number of carbonyl (C=O) groups is 6. The van der Waals surface area contributed by atoms with Gasteiger partial charge in [-0.05, 0) is 49.3 Å². The minimum atomic E-state index is -1.34. The number of nitrogens with zero attached hydrogens (tertiary/aromatic N) is 1. The van der Waals surface area contributed by atoms with E-state index in [4.69, 9.17) is 0 Å². The van der Waals surface area contributed by atoms with Gasteiger partial charge in [0.1, 0.15) is 30.2 Å². The predicted molar refractivity (Wildman–Crippen MR) is 186 cm³/mol. The summed E-state index contributed by atoms with van der Waals surface area (Å²) in [6.07, 6.45) is 2.77. The fourth-order valence-corrected chi connectivity index (χ4v) is 6.89. The zero-order chi connectivity index (χ0) is 36.2. The van der Waals surface area contributed by atoms with Crippen LogP contribution in [0.15, 0.2) is 60.8 Å². The van der Waals surface area contributed by atoms with Crippen molar-refractivity contribution in [3.63, 3.8) is 0 Å². The molecule has 5 rings (SSSR count). The first-order valence-electron chi connectivity index (χ1n) is 17.2. The number of benzene rings is 2. The lowest BCUT2D eigenvalue weighted by Crippen LogP contribution is -2.64. The second-order valence-electron chi connectivity index (χ2n) is 13.9. The number of aromatic nitrogens is 1. The minimum absolute atomic E-state index is 0.0545. The van der Waals surface area contributed by atoms with Crippen molar-refractivity contribution >= 4 is 46.4 Å². The van der Waals surface area contributed by atoms with Crippen LogP contribution >= 0.6 is 0 Å². The Morgan fingerprint density at radius 3 is 2.20 bits per heavy atom. The van der Waals surface area contributed by atoms with Gasteiger partial charge in [0.15, 0.2) is 0 Å². The number of para-hydroxylation sites is 1. The van der Waals surface area contributed by atoms with Crippen LogP contribution in [0.2, 0.25) is 0 Å². The summed E-state index contributed by atoms with van der Waals surface area (Å²) in [5.41, 5.74) is 0.898. The number of carbonyl (C=O) groups excluding carboxylic acids is 5. The topological polar surface area (TPSA) is 188 Å². The van der Waals surface area contributed by atoms with Gasteiger partial charge in [0.05, 0.1) is 5.54 Å². The molecular weight excluding hydrogens is 640 g/mol. The molecule has 266 valence electrons. The summed E-state index contributed by atoms with van der Waals surface area (Å²) >= 11 is 0. The van der Waals surface area contributed by atoms with E-state index in [-0.39, 0.29) is 43.9 Å². The molecule has 13 heteroatoms. The molecule has 2 bridgehead atoms. The number of fused-ring (bicyclic) bond motifs is 5. The number of hydrogen-bond donors (Lipinski definition) is 6. The van der Waals surface area contributed by atoms with Gasteiger partial charge in [-0.15, -0.1) is 0 Å². The highest BCUT2D eigenvalue weighted by molar-refractivity contribution is 5.98. The fraction of sp³-hybridized carbons (Fsp3) is 0.459. The lowest BCUT2D eigenvalue weighted by molar-refractivity contribution is -0.142. The Morgan fingerprint density at radius 1 is 0.900 bits per heavy atom. The van der Waals surface area contributed by atoms with Crippen molar-refractivity contribution in [2.75, 3.05) is 0 Å². The molecule has 1 fully saturated rings. The summed E-state index contributed by atoms with van der Waals surface area (Å²) in [6.45, 7) is 7.49. The third-order valence-electron chi connectivity index (χ3n) is 9.84. The molecule has 2 aromatic carbocycles. The Hall–Kier alpha value is -5.20. The van der Waals surface area contributed by atoms with Crippen molar-refractivity contribution in [2.45, 2.75) is 102 Å². The molecule has 3 aromatic rings. The molecule has 6 N–H and O–H groups in total. The maximum atomic E-state index is 14.5. The standard InChI is InChI=1S/C37H46N6O7/c1-5-37(4)31(42-32(45)25-15-16-30(44)38-25)35(48)40-26(17-21(2)3)33(46)39-27(18-22-11-7-6-8-12-22)34(47)41-28(36(49)50)19-23-20-43(37)29-14-10-9-13-24(23)29/h6-14,20-21,25-28,31H,5,15-19H2,1-4H3,(H,38,44)(H,39,46)(H,40,48)(H,41,47)(H,42,45)(H,49,50)/t25-,26-,27-,28-,31+,37?/m0/s1. The van der Waals surface area contributed by atoms with E-state index in [2.05, 4.69) is 26.6 Å². The smallest absolute Gasteiger partial charge is 0.326 e. The molecule has 2 aliphatic heterocycles. The van der Waals surface area contributed by atoms with Crippen LogP contribution in [0.25, 0.3) is 10.9 Å². The number of carboxylic acid groups (broad SMARTS) is 1. The van der Waals surface area contributed by atoms with Gasteiger partial charge in [0.25, 0.3) is 0 Å². The molecule has 3 heterocycles. The largest absolute Gasteiger partial charge is 0.480 e. The highest BCUT2D eigenvalue weighted by Crippen LogP contribution is 2.34. The number of aliphatic carboxylic acids is 1. The first kappa shape index (κ1) is 36.1. The van der Waals surface area contributed by atoms with Gasteiger partial charge in [0, 0.05) is 36.4 Å². The van der Waals surface area contributed by atoms with Crippen LogP contribution in [0.4, 0.5) is 0 Å². The molecule has 1 aromatic heterocycles. The first-order valence-corrected chi connectivity index (χ1v) is 17.2. The van der Waals surface area contributed by atoms with Crippen molar-refractivity contribution in [3.8, 4) is 0 Å². The van der Waals surface area contributed by atoms with Gasteiger partial charge in [0.2, 0.25) is 29.5 Å². The number of carboxylic acids is 1. The predicted octanol–water partition coefficient (Wildman–Crippen LogP) is 1.91. The normalized spacial score (nSPS) is 26.3. The van der Waals surface area contributed by atoms with Gasteiger partial charge in [-0.2, -0.15) is 0 Å². The summed E-state index contributed by atoms with van der Waals surface area (Å²) in [7, 11) is 0. The van der Waals surface area contributed by atoms with Gasteiger partial charge in [-0.3, -0.25) is 24.0 Å². The number of rotatable bonds is 8. The second kappa shape index (κ2) is 15.1. The molecule has 0 saturated carbocycles. The average Bonchev–Trinajstić information content (AvgIpc) is 3.69. The molecule has 5 amide bonds. The maximum absolute atomic E-state index is 14.5. The second-order valence-corrected chi connectivity index (χ2v) is 13.9. The lowest BCUT2D eigenvalue weighted by atomic mass is 9.87. The van der Waals surface area contributed by atoms with E-state index in [1.165, 1.54) is 0 Å². The molecule has 2 aliphatic rings. The monoisotopic (exact) mass is 686 g/mol. The van der Waals surface area contributed by atoms with Gasteiger partial charge >= 0.3 is 5.97 Å². The molecular formula is C37H46N6O7. The third kappa shape index (κ3) is 7.82. The highest BCUT2D eigenvalue weighted by atomic mass is 16.4. The van der Waals surface area contributed by atoms with Gasteiger partial charge in [-0.1, -0.05) is 69.3 Å². The molecule has 0 aliphatic carbocycles. The summed E-state index contributed by atoms with van der Waals surface area (Å²) < 4.78 is 1.87. The van der Waals surface area contributed by atoms with E-state index < -0.39 is 65.3 Å². The Kier molecular flexibility index (Phi) is 10.9. The highest BCUT2D eigenvalue weighted by Gasteiger charge is 2.44. The van der Waals surface area contributed by atoms with Crippen LogP contribution in [-0.2, 0) is 47.1 Å². The van der Waals surface area contributed by atoms with Crippen LogP contribution in [0.3, 0.4) is 0 Å². The van der Waals surface area contributed by atoms with E-state index in [9.17, 15) is 33.9 Å². The fourth-order valence-electron chi connectivity index (χ4n) is 6.89. The van der Waals surface area contributed by atoms with Crippen molar-refractivity contribution in [3.05, 3.63) is 71.9 Å². The van der Waals surface area contributed by atoms with Crippen molar-refractivity contribution in [1.29, 1.82) is 0 Å². The van der Waals surface area contributed by atoms with Crippen molar-refractivity contribution in [2.24, 2.45) is 5.92 Å². The van der Waals surface area contributed by atoms with E-state index in [0.717, 1.165) is 10.9 Å². The Morgan fingerprint density at radius 2 is 1.56 bits per heavy atom. The van der Waals surface area contributed by atoms with Gasteiger partial charge < -0.3 is 36.3 Å². The Labute approximate surface area is 290 Å². The van der Waals surface area contributed by atoms with E-state index in [1.54, 1.807) is 30.5 Å². The van der Waals surface area contributed by atoms with Crippen LogP contribution in [0, 0.1) is 5.92 Å². The molecule has 1 unspecified atom stereocenters. The lowest BCUT2D eigenvalue weighted by Gasteiger charge is -2.39. The molecule has 6 atom stereocenters. The summed E-state index contributed by atoms with van der Waals surface area (Å²) in [5.74, 6) is -4.00. The summed E-state index contributed by atoms with van der Waals surface area (Å²) in [6, 6.07) is 10.7. The maximum Gasteiger partial charge on any atom is 0.326 e. The third-order valence-corrected chi connectivity index (χ3v) is 9.84. The van der Waals surface area contributed by atoms with Crippen molar-refractivity contribution in [1.82, 2.24) is 31.2 Å². The Balaban J connectivity index is 1.65. The summed E-state index contributed by atoms with van der Waals surface area (Å²) in [5, 5.41) is 25.0. The molecule has 0 spiro atoms. The van der Waals surface area contributed by atoms with E-state index in [0.29, 0.717) is 17.5 Å². The van der Waals surface area contributed by atoms with Gasteiger partial charge in [-0.25, -0.2) is 4.79 Å². The molecule has 13 nitrogen and oxygen atoms in total. The quantitative estimate of drug-likeness (QED) is 0.209. The average molecular weight is 687 g/mol. The van der Waals surface area contributed by atoms with Crippen LogP contribution in [0.5, 0.6) is 0 Å². The molecule has 1 saturated heterocycles. The van der Waals surface area contributed by atoms with Crippen LogP contribution in [0.1, 0.15) is 64.5 Å². The first-order chi connectivity index (χ1) is 23.8. The number of hydrogen-bond acceptors (Lipinski definition) is 6. The van der Waals surface area contributed by atoms with Crippen LogP contribution < -0.4 is 26.6 Å². The summed E-state index contributed by atoms with van der Waals surface area (Å²) in [4.78, 5) is 80.7. The van der Waals surface area contributed by atoms with Crippen molar-refractivity contribution < 1.29 is 33.9 Å². The molecule has 50 heavy (non-hydrogen) atoms. The zero-order valence-electron chi connectivity index (χ0n) is 28.8.